The van der Waals surface area contributed by atoms with E-state index in [0.29, 0.717) is 29.6 Å². The Balaban J connectivity index is 1.66. The van der Waals surface area contributed by atoms with Crippen LogP contribution in [0.25, 0.3) is 10.9 Å². The van der Waals surface area contributed by atoms with Crippen molar-refractivity contribution in [2.24, 2.45) is 4.99 Å². The van der Waals surface area contributed by atoms with E-state index in [1.807, 2.05) is 19.9 Å². The van der Waals surface area contributed by atoms with E-state index < -0.39 is 11.7 Å². The number of allylic oxidation sites excluding steroid dienone is 1. The van der Waals surface area contributed by atoms with Gasteiger partial charge < -0.3 is 9.72 Å². The lowest BCUT2D eigenvalue weighted by Gasteiger charge is -2.27. The van der Waals surface area contributed by atoms with Crippen molar-refractivity contribution >= 4 is 23.2 Å². The number of carbonyl (C=O) groups excluding carboxylic acids is 1. The number of fused-ring (bicyclic) bond motifs is 1. The highest BCUT2D eigenvalue weighted by Gasteiger charge is 2.25. The molecule has 1 aliphatic rings. The van der Waals surface area contributed by atoms with Crippen LogP contribution in [-0.2, 0) is 11.2 Å². The predicted molar refractivity (Wildman–Crippen MR) is 99.9 cm³/mol. The largest absolute Gasteiger partial charge is 0.443 e. The molecule has 2 heterocycles. The molecule has 1 N–H and O–H groups in total. The Hall–Kier alpha value is -3.22. The first-order valence-corrected chi connectivity index (χ1v) is 8.30. The number of aliphatic imine (C=N–C) groups is 1. The molecular formula is C19H20N4O3. The van der Waals surface area contributed by atoms with Crippen LogP contribution in [0.5, 0.6) is 0 Å². The van der Waals surface area contributed by atoms with E-state index >= 15 is 0 Å². The molecule has 0 saturated heterocycles. The molecule has 1 amide bonds. The smallest absolute Gasteiger partial charge is 0.418 e. The summed E-state index contributed by atoms with van der Waals surface area (Å²) >= 11 is 0. The standard InChI is InChI=1S/C19H20N4O3/c1-19(2,26-18(25)23-12-5-10-20-11-13-23)9-8-16-21-15-7-4-3-6-14(15)17(24)22-16/h3-7,10-13H,8-9H2,1-2H3,(H,21,22,24). The Bertz CT molecular complexity index is 941. The molecule has 0 atom stereocenters. The van der Waals surface area contributed by atoms with Crippen LogP contribution in [0.1, 0.15) is 26.1 Å². The van der Waals surface area contributed by atoms with Crippen LogP contribution in [0.3, 0.4) is 0 Å². The fourth-order valence-electron chi connectivity index (χ4n) is 2.53. The third kappa shape index (κ3) is 4.24. The van der Waals surface area contributed by atoms with Crippen LogP contribution in [0.15, 0.2) is 58.7 Å². The van der Waals surface area contributed by atoms with Crippen molar-refractivity contribution in [3.8, 4) is 0 Å². The maximum atomic E-state index is 12.3. The number of aryl methyl sites for hydroxylation is 1. The zero-order valence-electron chi connectivity index (χ0n) is 14.7. The van der Waals surface area contributed by atoms with Crippen molar-refractivity contribution in [1.29, 1.82) is 0 Å². The lowest BCUT2D eigenvalue weighted by atomic mass is 10.0. The van der Waals surface area contributed by atoms with Crippen molar-refractivity contribution in [1.82, 2.24) is 14.9 Å². The molecule has 0 bridgehead atoms. The molecule has 0 spiro atoms. The van der Waals surface area contributed by atoms with Crippen molar-refractivity contribution < 1.29 is 9.53 Å². The maximum Gasteiger partial charge on any atom is 0.418 e. The molecule has 1 aliphatic heterocycles. The first-order chi connectivity index (χ1) is 12.4. The summed E-state index contributed by atoms with van der Waals surface area (Å²) in [7, 11) is 0. The fraction of sp³-hybridized carbons (Fsp3) is 0.263. The SMILES string of the molecule is CC(C)(CCc1nc2ccccc2c(=O)[nH]1)OC(=O)N1C=CC=NC=C1. The van der Waals surface area contributed by atoms with Gasteiger partial charge in [-0.15, -0.1) is 0 Å². The van der Waals surface area contributed by atoms with E-state index in [1.165, 1.54) is 17.3 Å². The normalized spacial score (nSPS) is 13.8. The van der Waals surface area contributed by atoms with Gasteiger partial charge in [0.25, 0.3) is 5.56 Å². The summed E-state index contributed by atoms with van der Waals surface area (Å²) in [4.78, 5) is 36.9. The van der Waals surface area contributed by atoms with Crippen LogP contribution >= 0.6 is 0 Å². The van der Waals surface area contributed by atoms with Crippen molar-refractivity contribution in [2.75, 3.05) is 0 Å². The average Bonchev–Trinajstić information content (AvgIpc) is 2.89. The third-order valence-electron chi connectivity index (χ3n) is 3.93. The number of carbonyl (C=O) groups is 1. The molecule has 1 aromatic carbocycles. The Labute approximate surface area is 150 Å². The molecule has 134 valence electrons. The minimum Gasteiger partial charge on any atom is -0.443 e. The second-order valence-corrected chi connectivity index (χ2v) is 6.50. The van der Waals surface area contributed by atoms with Crippen LogP contribution < -0.4 is 5.56 Å². The van der Waals surface area contributed by atoms with E-state index in [1.54, 1.807) is 36.7 Å². The van der Waals surface area contributed by atoms with Gasteiger partial charge in [-0.1, -0.05) is 12.1 Å². The van der Waals surface area contributed by atoms with E-state index in [-0.39, 0.29) is 5.56 Å². The van der Waals surface area contributed by atoms with Gasteiger partial charge in [0.15, 0.2) is 0 Å². The number of H-pyrrole nitrogens is 1. The quantitative estimate of drug-likeness (QED) is 0.915. The number of nitrogens with one attached hydrogen (secondary N) is 1. The van der Waals surface area contributed by atoms with Gasteiger partial charge in [0.05, 0.1) is 10.9 Å². The number of para-hydroxylation sites is 1. The second-order valence-electron chi connectivity index (χ2n) is 6.50. The van der Waals surface area contributed by atoms with Gasteiger partial charge in [0.2, 0.25) is 0 Å². The van der Waals surface area contributed by atoms with Crippen molar-refractivity contribution in [3.05, 3.63) is 65.1 Å². The Morgan fingerprint density at radius 3 is 2.92 bits per heavy atom. The molecule has 0 unspecified atom stereocenters. The summed E-state index contributed by atoms with van der Waals surface area (Å²) in [5, 5.41) is 0.559. The molecular weight excluding hydrogens is 332 g/mol. The summed E-state index contributed by atoms with van der Waals surface area (Å²) < 4.78 is 5.58. The van der Waals surface area contributed by atoms with Crippen LogP contribution in [0.2, 0.25) is 0 Å². The zero-order valence-corrected chi connectivity index (χ0v) is 14.7. The minimum atomic E-state index is -0.726. The highest BCUT2D eigenvalue weighted by atomic mass is 16.6. The number of aromatic amines is 1. The van der Waals surface area contributed by atoms with E-state index in [2.05, 4.69) is 15.0 Å². The molecule has 0 saturated carbocycles. The third-order valence-corrected chi connectivity index (χ3v) is 3.93. The van der Waals surface area contributed by atoms with Gasteiger partial charge in [-0.3, -0.25) is 14.7 Å². The highest BCUT2D eigenvalue weighted by molar-refractivity contribution is 5.77. The van der Waals surface area contributed by atoms with Gasteiger partial charge in [0.1, 0.15) is 11.4 Å². The molecule has 0 aliphatic carbocycles. The molecule has 7 heteroatoms. The average molecular weight is 352 g/mol. The lowest BCUT2D eigenvalue weighted by Crippen LogP contribution is -2.34. The topological polar surface area (TPSA) is 87.7 Å². The monoisotopic (exact) mass is 352 g/mol. The van der Waals surface area contributed by atoms with Gasteiger partial charge in [0, 0.05) is 31.2 Å². The number of ether oxygens (including phenoxy) is 1. The number of rotatable bonds is 4. The van der Waals surface area contributed by atoms with Gasteiger partial charge in [-0.25, -0.2) is 9.78 Å². The van der Waals surface area contributed by atoms with Crippen LogP contribution in [0, 0.1) is 0 Å². The van der Waals surface area contributed by atoms with Gasteiger partial charge in [-0.2, -0.15) is 0 Å². The first kappa shape index (κ1) is 17.6. The Kier molecular flexibility index (Phi) is 4.97. The van der Waals surface area contributed by atoms with E-state index in [9.17, 15) is 9.59 Å². The summed E-state index contributed by atoms with van der Waals surface area (Å²) in [6.45, 7) is 3.65. The number of hydrogen-bond acceptors (Lipinski definition) is 5. The molecule has 0 radical (unpaired) electrons. The van der Waals surface area contributed by atoms with E-state index in [0.717, 1.165) is 0 Å². The number of benzene rings is 1. The summed E-state index contributed by atoms with van der Waals surface area (Å²) in [5.41, 5.74) is -0.239. The summed E-state index contributed by atoms with van der Waals surface area (Å²) in [6, 6.07) is 7.19. The number of aromatic nitrogens is 2. The van der Waals surface area contributed by atoms with Crippen molar-refractivity contribution in [3.63, 3.8) is 0 Å². The summed E-state index contributed by atoms with van der Waals surface area (Å²) in [6.07, 6.45) is 8.35. The number of amides is 1. The molecule has 26 heavy (non-hydrogen) atoms. The van der Waals surface area contributed by atoms with Crippen LogP contribution in [-0.4, -0.2) is 32.8 Å². The predicted octanol–water partition coefficient (Wildman–Crippen LogP) is 3.14. The first-order valence-electron chi connectivity index (χ1n) is 8.30. The molecule has 3 rings (SSSR count). The molecule has 0 fully saturated rings. The Morgan fingerprint density at radius 2 is 2.08 bits per heavy atom. The molecule has 7 nitrogen and oxygen atoms in total. The van der Waals surface area contributed by atoms with Crippen LogP contribution in [0.4, 0.5) is 4.79 Å². The van der Waals surface area contributed by atoms with E-state index in [4.69, 9.17) is 4.74 Å². The second kappa shape index (κ2) is 7.35. The number of hydrogen-bond donors (Lipinski definition) is 1. The van der Waals surface area contributed by atoms with Gasteiger partial charge in [-0.05, 0) is 38.5 Å². The zero-order chi connectivity index (χ0) is 18.6. The minimum absolute atomic E-state index is 0.166. The van der Waals surface area contributed by atoms with Gasteiger partial charge >= 0.3 is 6.09 Å². The van der Waals surface area contributed by atoms with Crippen molar-refractivity contribution in [2.45, 2.75) is 32.3 Å². The summed E-state index contributed by atoms with van der Waals surface area (Å²) in [5.74, 6) is 0.570. The number of nitrogens with zero attached hydrogens (tertiary/aromatic N) is 3. The molecule has 1 aromatic heterocycles. The lowest BCUT2D eigenvalue weighted by molar-refractivity contribution is 0.0213. The fourth-order valence-corrected chi connectivity index (χ4v) is 2.53. The molecule has 2 aromatic rings. The highest BCUT2D eigenvalue weighted by Crippen LogP contribution is 2.19. The Morgan fingerprint density at radius 1 is 1.27 bits per heavy atom. The maximum absolute atomic E-state index is 12.3.